The zero-order valence-electron chi connectivity index (χ0n) is 12.3. The van der Waals surface area contributed by atoms with E-state index < -0.39 is 12.0 Å². The summed E-state index contributed by atoms with van der Waals surface area (Å²) in [4.78, 5) is 24.8. The van der Waals surface area contributed by atoms with Crippen LogP contribution in [0, 0.1) is 0 Å². The third kappa shape index (κ3) is 3.72. The van der Waals surface area contributed by atoms with E-state index >= 15 is 0 Å². The lowest BCUT2D eigenvalue weighted by Gasteiger charge is -2.21. The molecule has 0 unspecified atom stereocenters. The summed E-state index contributed by atoms with van der Waals surface area (Å²) in [6.07, 6.45) is 1.13. The first-order chi connectivity index (χ1) is 10.8. The smallest absolute Gasteiger partial charge is 0.371 e. The molecule has 0 atom stereocenters. The number of hydrogen-bond donors (Lipinski definition) is 3. The molecule has 2 aromatic rings. The summed E-state index contributed by atoms with van der Waals surface area (Å²) in [6.45, 7) is 0. The number of benzene rings is 1. The molecule has 0 spiro atoms. The number of anilines is 3. The van der Waals surface area contributed by atoms with Crippen molar-refractivity contribution in [3.8, 4) is 0 Å². The van der Waals surface area contributed by atoms with E-state index in [1.165, 1.54) is 6.07 Å². The Morgan fingerprint density at radius 3 is 2.61 bits per heavy atom. The van der Waals surface area contributed by atoms with Crippen LogP contribution in [0.5, 0.6) is 0 Å². The van der Waals surface area contributed by atoms with Crippen molar-refractivity contribution in [3.63, 3.8) is 0 Å². The Kier molecular flexibility index (Phi) is 5.07. The number of aromatic carboxylic acids is 1. The van der Waals surface area contributed by atoms with Gasteiger partial charge in [-0.2, -0.15) is 0 Å². The summed E-state index contributed by atoms with van der Waals surface area (Å²) >= 11 is 10.2. The molecule has 0 saturated heterocycles. The van der Waals surface area contributed by atoms with Crippen molar-refractivity contribution in [1.82, 2.24) is 0 Å². The highest BCUT2D eigenvalue weighted by Crippen LogP contribution is 2.33. The van der Waals surface area contributed by atoms with Gasteiger partial charge in [0.1, 0.15) is 6.26 Å². The predicted octanol–water partition coefficient (Wildman–Crippen LogP) is 3.58. The fourth-order valence-corrected chi connectivity index (χ4v) is 2.40. The molecule has 0 saturated carbocycles. The number of halogens is 1. The van der Waals surface area contributed by atoms with Crippen LogP contribution in [0.1, 0.15) is 10.6 Å². The number of rotatable bonds is 4. The van der Waals surface area contributed by atoms with E-state index in [4.69, 9.17) is 21.1 Å². The Hall–Kier alpha value is -2.32. The summed E-state index contributed by atoms with van der Waals surface area (Å²) in [5, 5.41) is 12.0. The molecule has 2 amide bonds. The van der Waals surface area contributed by atoms with Crippen molar-refractivity contribution in [3.05, 3.63) is 41.3 Å². The SMILES string of the molecule is CN(C)c1c(Cl)cccc1NC(=O)N(S)c1coc(C(=O)O)c1. The molecule has 1 aromatic heterocycles. The van der Waals surface area contributed by atoms with Crippen LogP contribution < -0.4 is 14.5 Å². The number of amides is 2. The summed E-state index contributed by atoms with van der Waals surface area (Å²) in [5.74, 6) is -1.52. The quantitative estimate of drug-likeness (QED) is 0.730. The van der Waals surface area contributed by atoms with Crippen molar-refractivity contribution in [1.29, 1.82) is 0 Å². The Morgan fingerprint density at radius 2 is 2.04 bits per heavy atom. The third-order valence-corrected chi connectivity index (χ3v) is 3.63. The second-order valence-electron chi connectivity index (χ2n) is 4.75. The first-order valence-corrected chi connectivity index (χ1v) is 7.16. The van der Waals surface area contributed by atoms with Crippen LogP contribution >= 0.6 is 24.4 Å². The predicted molar refractivity (Wildman–Crippen MR) is 91.9 cm³/mol. The number of nitrogens with one attached hydrogen (secondary N) is 1. The molecule has 1 heterocycles. The first kappa shape index (κ1) is 17.0. The fraction of sp³-hybridized carbons (Fsp3) is 0.143. The standard InChI is InChI=1S/C14H14ClN3O4S/c1-17(2)12-9(15)4-3-5-10(12)16-14(21)18(23)8-6-11(13(19)20)22-7-8/h3-7,23H,1-2H3,(H,16,21)(H,19,20). The second kappa shape index (κ2) is 6.84. The van der Waals surface area contributed by atoms with Crippen LogP contribution in [-0.2, 0) is 0 Å². The number of urea groups is 1. The van der Waals surface area contributed by atoms with E-state index in [1.54, 1.807) is 37.2 Å². The molecular weight excluding hydrogens is 342 g/mol. The first-order valence-electron chi connectivity index (χ1n) is 6.39. The van der Waals surface area contributed by atoms with Crippen LogP contribution in [0.4, 0.5) is 21.9 Å². The maximum Gasteiger partial charge on any atom is 0.371 e. The molecule has 0 aliphatic carbocycles. The van der Waals surface area contributed by atoms with Gasteiger partial charge in [0.2, 0.25) is 5.76 Å². The van der Waals surface area contributed by atoms with Gasteiger partial charge in [-0.05, 0) is 12.1 Å². The van der Waals surface area contributed by atoms with Crippen molar-refractivity contribution >= 4 is 53.5 Å². The zero-order chi connectivity index (χ0) is 17.1. The maximum atomic E-state index is 12.3. The summed E-state index contributed by atoms with van der Waals surface area (Å²) < 4.78 is 5.77. The molecule has 1 aromatic carbocycles. The minimum atomic E-state index is -1.23. The van der Waals surface area contributed by atoms with Gasteiger partial charge in [-0.1, -0.05) is 30.5 Å². The number of furan rings is 1. The average Bonchev–Trinajstić information content (AvgIpc) is 2.96. The van der Waals surface area contributed by atoms with E-state index in [-0.39, 0.29) is 11.4 Å². The van der Waals surface area contributed by atoms with Gasteiger partial charge in [-0.15, -0.1) is 0 Å². The monoisotopic (exact) mass is 355 g/mol. The van der Waals surface area contributed by atoms with Crippen molar-refractivity contribution in [2.75, 3.05) is 28.6 Å². The lowest BCUT2D eigenvalue weighted by Crippen LogP contribution is -2.27. The minimum absolute atomic E-state index is 0.191. The molecule has 7 nitrogen and oxygen atoms in total. The summed E-state index contributed by atoms with van der Waals surface area (Å²) in [7, 11) is 3.59. The number of carbonyl (C=O) groups excluding carboxylic acids is 1. The van der Waals surface area contributed by atoms with E-state index in [0.717, 1.165) is 10.6 Å². The highest BCUT2D eigenvalue weighted by atomic mass is 35.5. The van der Waals surface area contributed by atoms with Crippen LogP contribution in [0.25, 0.3) is 0 Å². The number of nitrogens with zero attached hydrogens (tertiary/aromatic N) is 2. The number of para-hydroxylation sites is 1. The zero-order valence-corrected chi connectivity index (χ0v) is 13.9. The Morgan fingerprint density at radius 1 is 1.35 bits per heavy atom. The van der Waals surface area contributed by atoms with E-state index in [2.05, 4.69) is 18.1 Å². The van der Waals surface area contributed by atoms with Gasteiger partial charge < -0.3 is 19.7 Å². The number of carbonyl (C=O) groups is 2. The van der Waals surface area contributed by atoms with Crippen LogP contribution in [0.3, 0.4) is 0 Å². The van der Waals surface area contributed by atoms with Crippen LogP contribution in [0.15, 0.2) is 34.9 Å². The molecule has 2 N–H and O–H groups in total. The van der Waals surface area contributed by atoms with Crippen molar-refractivity contribution < 1.29 is 19.1 Å². The third-order valence-electron chi connectivity index (χ3n) is 2.91. The molecule has 122 valence electrons. The topological polar surface area (TPSA) is 86.0 Å². The van der Waals surface area contributed by atoms with Crippen molar-refractivity contribution in [2.45, 2.75) is 0 Å². The number of carboxylic acid groups (broad SMARTS) is 1. The fourth-order valence-electron chi connectivity index (χ4n) is 1.91. The molecule has 0 fully saturated rings. The molecular formula is C14H14ClN3O4S. The molecule has 23 heavy (non-hydrogen) atoms. The Labute approximate surface area is 143 Å². The van der Waals surface area contributed by atoms with Gasteiger partial charge in [0, 0.05) is 20.2 Å². The summed E-state index contributed by atoms with van der Waals surface area (Å²) in [5.41, 5.74) is 1.33. The van der Waals surface area contributed by atoms with E-state index in [1.807, 2.05) is 0 Å². The number of thiol groups is 1. The highest BCUT2D eigenvalue weighted by molar-refractivity contribution is 7.82. The van der Waals surface area contributed by atoms with Gasteiger partial charge in [0.25, 0.3) is 0 Å². The van der Waals surface area contributed by atoms with E-state index in [9.17, 15) is 9.59 Å². The van der Waals surface area contributed by atoms with Crippen LogP contribution in [-0.4, -0.2) is 31.2 Å². The highest BCUT2D eigenvalue weighted by Gasteiger charge is 2.19. The largest absolute Gasteiger partial charge is 0.475 e. The van der Waals surface area contributed by atoms with Crippen molar-refractivity contribution in [2.24, 2.45) is 0 Å². The maximum absolute atomic E-state index is 12.3. The number of carboxylic acids is 1. The molecule has 0 aliphatic heterocycles. The van der Waals surface area contributed by atoms with E-state index in [0.29, 0.717) is 16.4 Å². The summed E-state index contributed by atoms with van der Waals surface area (Å²) in [6, 6.07) is 5.71. The minimum Gasteiger partial charge on any atom is -0.475 e. The average molecular weight is 356 g/mol. The lowest BCUT2D eigenvalue weighted by atomic mass is 10.2. The Balaban J connectivity index is 2.21. The van der Waals surface area contributed by atoms with Crippen LogP contribution in [0.2, 0.25) is 5.02 Å². The second-order valence-corrected chi connectivity index (χ2v) is 5.55. The molecule has 2 rings (SSSR count). The number of hydrogen-bond acceptors (Lipinski definition) is 5. The van der Waals surface area contributed by atoms with Gasteiger partial charge >= 0.3 is 12.0 Å². The molecule has 9 heteroatoms. The molecule has 0 bridgehead atoms. The lowest BCUT2D eigenvalue weighted by molar-refractivity contribution is 0.0662. The Bertz CT molecular complexity index is 747. The normalized spacial score (nSPS) is 10.3. The molecule has 0 radical (unpaired) electrons. The molecule has 0 aliphatic rings. The van der Waals surface area contributed by atoms with Gasteiger partial charge in [-0.3, -0.25) is 0 Å². The van der Waals surface area contributed by atoms with Gasteiger partial charge in [-0.25, -0.2) is 13.9 Å². The van der Waals surface area contributed by atoms with Gasteiger partial charge in [0.15, 0.2) is 0 Å². The van der Waals surface area contributed by atoms with Gasteiger partial charge in [0.05, 0.1) is 22.1 Å².